The minimum Gasteiger partial charge on any atom is -0.497 e. The first kappa shape index (κ1) is 28.2. The van der Waals surface area contributed by atoms with Crippen molar-refractivity contribution in [3.63, 3.8) is 0 Å². The van der Waals surface area contributed by atoms with Gasteiger partial charge in [-0.3, -0.25) is 14.4 Å². The van der Waals surface area contributed by atoms with Gasteiger partial charge in [0.1, 0.15) is 5.75 Å². The molecule has 5 heteroatoms. The Labute approximate surface area is 223 Å². The summed E-state index contributed by atoms with van der Waals surface area (Å²) >= 11 is 0. The van der Waals surface area contributed by atoms with Gasteiger partial charge in [0.25, 0.3) is 0 Å². The molecule has 1 amide bonds. The molecule has 1 aliphatic carbocycles. The van der Waals surface area contributed by atoms with Crippen LogP contribution in [0.1, 0.15) is 67.8 Å². The van der Waals surface area contributed by atoms with Gasteiger partial charge in [-0.1, -0.05) is 75.1 Å². The molecule has 1 saturated carbocycles. The summed E-state index contributed by atoms with van der Waals surface area (Å²) in [7, 11) is 1.68. The van der Waals surface area contributed by atoms with Crippen LogP contribution in [-0.2, 0) is 17.8 Å². The van der Waals surface area contributed by atoms with E-state index in [1.54, 1.807) is 7.11 Å². The molecular weight excluding hydrogens is 458 g/mol. The van der Waals surface area contributed by atoms with Crippen LogP contribution in [0.5, 0.6) is 5.75 Å². The molecule has 1 fully saturated rings. The number of aromatic nitrogens is 2. The van der Waals surface area contributed by atoms with Crippen molar-refractivity contribution >= 4 is 11.7 Å². The maximum absolute atomic E-state index is 12.5. The predicted molar refractivity (Wildman–Crippen MR) is 153 cm³/mol. The third-order valence-electron chi connectivity index (χ3n) is 6.89. The third-order valence-corrected chi connectivity index (χ3v) is 6.89. The van der Waals surface area contributed by atoms with Crippen LogP contribution in [0.3, 0.4) is 0 Å². The van der Waals surface area contributed by atoms with Crippen molar-refractivity contribution in [2.75, 3.05) is 18.6 Å². The molecule has 1 aromatic heterocycles. The van der Waals surface area contributed by atoms with Crippen molar-refractivity contribution in [1.82, 2.24) is 9.78 Å². The lowest BCUT2D eigenvalue weighted by atomic mass is 10.1. The normalized spacial score (nSPS) is 12.4. The molecule has 0 atom stereocenters. The number of unbranched alkanes of at least 4 members (excludes halogenated alkanes) is 1. The number of hydrogen-bond acceptors (Lipinski definition) is 3. The van der Waals surface area contributed by atoms with Crippen molar-refractivity contribution in [3.05, 3.63) is 89.6 Å². The molecule has 5 nitrogen and oxygen atoms in total. The Hall–Kier alpha value is -3.34. The van der Waals surface area contributed by atoms with Crippen LogP contribution in [0, 0.1) is 19.8 Å². The first-order valence-electron chi connectivity index (χ1n) is 13.6. The number of amides is 1. The zero-order valence-electron chi connectivity index (χ0n) is 23.1. The Kier molecular flexibility index (Phi) is 11.0. The fraction of sp³-hybridized carbons (Fsp3) is 0.438. The van der Waals surface area contributed by atoms with Gasteiger partial charge in [0, 0.05) is 24.7 Å². The molecule has 2 aromatic carbocycles. The average molecular weight is 502 g/mol. The minimum absolute atomic E-state index is 0.147. The summed E-state index contributed by atoms with van der Waals surface area (Å²) in [5.74, 6) is 2.72. The first-order chi connectivity index (χ1) is 17.9. The average Bonchev–Trinajstić information content (AvgIpc) is 3.67. The van der Waals surface area contributed by atoms with Gasteiger partial charge in [0.15, 0.2) is 5.82 Å². The molecule has 198 valence electrons. The maximum Gasteiger partial charge on any atom is 0.227 e. The summed E-state index contributed by atoms with van der Waals surface area (Å²) in [6, 6.07) is 18.4. The molecule has 0 unspecified atom stereocenters. The summed E-state index contributed by atoms with van der Waals surface area (Å²) < 4.78 is 7.34. The van der Waals surface area contributed by atoms with Crippen molar-refractivity contribution in [3.8, 4) is 5.75 Å². The number of hydrogen-bond donors (Lipinski definition) is 0. The first-order valence-corrected chi connectivity index (χ1v) is 13.6. The van der Waals surface area contributed by atoms with E-state index in [4.69, 9.17) is 9.84 Å². The van der Waals surface area contributed by atoms with E-state index in [-0.39, 0.29) is 5.91 Å². The molecular formula is C32H43N3O2. The molecule has 1 heterocycles. The second-order valence-electron chi connectivity index (χ2n) is 9.91. The quantitative estimate of drug-likeness (QED) is 0.193. The molecule has 0 N–H and O–H groups in total. The number of benzene rings is 2. The van der Waals surface area contributed by atoms with Crippen molar-refractivity contribution < 1.29 is 9.53 Å². The Balaban J connectivity index is 0.000000356. The van der Waals surface area contributed by atoms with Crippen LogP contribution in [0.2, 0.25) is 0 Å². The number of aryl methyl sites for hydroxylation is 2. The fourth-order valence-electron chi connectivity index (χ4n) is 4.34. The maximum atomic E-state index is 12.5. The second kappa shape index (κ2) is 14.4. The van der Waals surface area contributed by atoms with Crippen molar-refractivity contribution in [2.45, 2.75) is 72.3 Å². The van der Waals surface area contributed by atoms with Crippen LogP contribution in [0.4, 0.5) is 5.82 Å². The lowest BCUT2D eigenvalue weighted by Crippen LogP contribution is -2.31. The highest BCUT2D eigenvalue weighted by Crippen LogP contribution is 2.34. The predicted octanol–water partition coefficient (Wildman–Crippen LogP) is 7.30. The lowest BCUT2D eigenvalue weighted by Gasteiger charge is -2.19. The molecule has 4 rings (SSSR count). The largest absolute Gasteiger partial charge is 0.497 e. The van der Waals surface area contributed by atoms with Gasteiger partial charge in [0.2, 0.25) is 5.91 Å². The molecule has 0 aliphatic heterocycles. The Morgan fingerprint density at radius 2 is 1.89 bits per heavy atom. The smallest absolute Gasteiger partial charge is 0.227 e. The number of anilines is 1. The van der Waals surface area contributed by atoms with E-state index in [2.05, 4.69) is 37.8 Å². The van der Waals surface area contributed by atoms with Crippen molar-refractivity contribution in [1.29, 1.82) is 0 Å². The van der Waals surface area contributed by atoms with E-state index >= 15 is 0 Å². The topological polar surface area (TPSA) is 47.4 Å². The van der Waals surface area contributed by atoms with E-state index in [1.165, 1.54) is 42.4 Å². The molecule has 37 heavy (non-hydrogen) atoms. The SMILES string of the molecule is C=CCc1ccccc1.CCC(=O)N(CCCCC1CC1)c1cc(C)n(Cc2cc(OC)ccc2C)n1. The zero-order chi connectivity index (χ0) is 26.6. The molecule has 3 aromatic rings. The highest BCUT2D eigenvalue weighted by Gasteiger charge is 2.22. The van der Waals surface area contributed by atoms with Crippen LogP contribution < -0.4 is 9.64 Å². The van der Waals surface area contributed by atoms with Crippen LogP contribution in [0.25, 0.3) is 0 Å². The zero-order valence-corrected chi connectivity index (χ0v) is 23.1. The molecule has 0 radical (unpaired) electrons. The van der Waals surface area contributed by atoms with Gasteiger partial charge < -0.3 is 4.74 Å². The minimum atomic E-state index is 0.147. The second-order valence-corrected chi connectivity index (χ2v) is 9.91. The molecule has 0 bridgehead atoms. The number of allylic oxidation sites excluding steroid dienone is 1. The van der Waals surface area contributed by atoms with E-state index in [9.17, 15) is 4.79 Å². The summed E-state index contributed by atoms with van der Waals surface area (Å²) in [6.07, 6.45) is 9.72. The summed E-state index contributed by atoms with van der Waals surface area (Å²) in [5.41, 5.74) is 4.77. The van der Waals surface area contributed by atoms with E-state index in [1.807, 2.05) is 59.8 Å². The van der Waals surface area contributed by atoms with Gasteiger partial charge in [-0.05, 0) is 61.4 Å². The number of rotatable bonds is 12. The number of ether oxygens (including phenoxy) is 1. The summed E-state index contributed by atoms with van der Waals surface area (Å²) in [5, 5.41) is 4.78. The van der Waals surface area contributed by atoms with Crippen LogP contribution in [-0.4, -0.2) is 29.3 Å². The number of carbonyl (C=O) groups is 1. The van der Waals surface area contributed by atoms with Gasteiger partial charge in [-0.25, -0.2) is 0 Å². The standard InChI is InChI=1S/C23H33N3O2.C9H10/c1-5-23(27)25(13-7-6-8-19-10-11-19)22-14-18(3)26(24-22)16-20-15-21(28-4)12-9-17(20)2;1-2-6-9-7-4-3-5-8-9/h9,12,14-15,19H,5-8,10-11,13,16H2,1-4H3;2-5,7-8H,1,6H2. The van der Waals surface area contributed by atoms with E-state index in [0.29, 0.717) is 13.0 Å². The molecule has 0 spiro atoms. The monoisotopic (exact) mass is 501 g/mol. The van der Waals surface area contributed by atoms with Crippen molar-refractivity contribution in [2.24, 2.45) is 5.92 Å². The van der Waals surface area contributed by atoms with Gasteiger partial charge >= 0.3 is 0 Å². The van der Waals surface area contributed by atoms with Gasteiger partial charge in [0.05, 0.1) is 13.7 Å². The summed E-state index contributed by atoms with van der Waals surface area (Å²) in [4.78, 5) is 14.4. The van der Waals surface area contributed by atoms with Crippen LogP contribution >= 0.6 is 0 Å². The Morgan fingerprint density at radius 1 is 1.14 bits per heavy atom. The van der Waals surface area contributed by atoms with E-state index in [0.717, 1.165) is 42.6 Å². The highest BCUT2D eigenvalue weighted by molar-refractivity contribution is 5.92. The summed E-state index contributed by atoms with van der Waals surface area (Å²) in [6.45, 7) is 11.2. The van der Waals surface area contributed by atoms with Gasteiger partial charge in [-0.2, -0.15) is 5.10 Å². The third kappa shape index (κ3) is 8.92. The van der Waals surface area contributed by atoms with E-state index < -0.39 is 0 Å². The van der Waals surface area contributed by atoms with Gasteiger partial charge in [-0.15, -0.1) is 6.58 Å². The fourth-order valence-corrected chi connectivity index (χ4v) is 4.34. The number of carbonyl (C=O) groups excluding carboxylic acids is 1. The Morgan fingerprint density at radius 3 is 2.54 bits per heavy atom. The molecule has 0 saturated heterocycles. The molecule has 1 aliphatic rings. The number of nitrogens with zero attached hydrogens (tertiary/aromatic N) is 3. The van der Waals surface area contributed by atoms with Crippen LogP contribution in [0.15, 0.2) is 67.3 Å². The highest BCUT2D eigenvalue weighted by atomic mass is 16.5. The Bertz CT molecular complexity index is 1130. The number of methoxy groups -OCH3 is 1. The lowest BCUT2D eigenvalue weighted by molar-refractivity contribution is -0.118.